The van der Waals surface area contributed by atoms with Crippen molar-refractivity contribution in [3.63, 3.8) is 0 Å². The predicted molar refractivity (Wildman–Crippen MR) is 102 cm³/mol. The third kappa shape index (κ3) is 3.13. The molecule has 2 heterocycles. The molecule has 1 N–H and O–H groups in total. The summed E-state index contributed by atoms with van der Waals surface area (Å²) in [6.07, 6.45) is 2.35. The highest BCUT2D eigenvalue weighted by atomic mass is 32.2. The standard InChI is InChI=1S/C19H17N3O3S/c23-19(21-16-6-9-18-15(13-16)3-1-10-20-18)14-4-7-17(8-5-14)22-11-2-12-26(22,24)25/h1,3-10,13H,2,11-12H2,(H,21,23). The van der Waals surface area contributed by atoms with E-state index in [1.165, 1.54) is 4.31 Å². The Balaban J connectivity index is 1.52. The summed E-state index contributed by atoms with van der Waals surface area (Å²) in [6, 6.07) is 15.9. The molecule has 132 valence electrons. The third-order valence-electron chi connectivity index (χ3n) is 4.38. The molecule has 1 saturated heterocycles. The van der Waals surface area contributed by atoms with Crippen LogP contribution < -0.4 is 9.62 Å². The first-order chi connectivity index (χ1) is 12.5. The summed E-state index contributed by atoms with van der Waals surface area (Å²) in [7, 11) is -3.22. The molecule has 3 aromatic rings. The Labute approximate surface area is 151 Å². The summed E-state index contributed by atoms with van der Waals surface area (Å²) in [4.78, 5) is 16.7. The number of carbonyl (C=O) groups is 1. The summed E-state index contributed by atoms with van der Waals surface area (Å²) >= 11 is 0. The molecular weight excluding hydrogens is 350 g/mol. The number of nitrogens with one attached hydrogen (secondary N) is 1. The van der Waals surface area contributed by atoms with Crippen molar-refractivity contribution in [1.82, 2.24) is 4.98 Å². The van der Waals surface area contributed by atoms with Gasteiger partial charge < -0.3 is 5.32 Å². The lowest BCUT2D eigenvalue weighted by Gasteiger charge is -2.17. The van der Waals surface area contributed by atoms with Gasteiger partial charge >= 0.3 is 0 Å². The molecule has 1 aliphatic rings. The van der Waals surface area contributed by atoms with Crippen molar-refractivity contribution in [2.45, 2.75) is 6.42 Å². The van der Waals surface area contributed by atoms with E-state index in [9.17, 15) is 13.2 Å². The Bertz CT molecular complexity index is 1080. The van der Waals surface area contributed by atoms with E-state index in [1.807, 2.05) is 24.3 Å². The van der Waals surface area contributed by atoms with Crippen molar-refractivity contribution in [3.05, 3.63) is 66.4 Å². The fourth-order valence-corrected chi connectivity index (χ4v) is 4.63. The van der Waals surface area contributed by atoms with E-state index in [1.54, 1.807) is 36.5 Å². The average Bonchev–Trinajstić information content (AvgIpc) is 3.01. The van der Waals surface area contributed by atoms with Crippen molar-refractivity contribution in [1.29, 1.82) is 0 Å². The quantitative estimate of drug-likeness (QED) is 0.772. The SMILES string of the molecule is O=C(Nc1ccc2ncccc2c1)c1ccc(N2CCCS2(=O)=O)cc1. The van der Waals surface area contributed by atoms with Crippen LogP contribution in [0.3, 0.4) is 0 Å². The van der Waals surface area contributed by atoms with Gasteiger partial charge in [0.2, 0.25) is 10.0 Å². The number of rotatable bonds is 3. The summed E-state index contributed by atoms with van der Waals surface area (Å²) in [5.74, 6) is -0.0736. The van der Waals surface area contributed by atoms with E-state index in [0.717, 1.165) is 10.9 Å². The van der Waals surface area contributed by atoms with Crippen LogP contribution in [0.1, 0.15) is 16.8 Å². The predicted octanol–water partition coefficient (Wildman–Crippen LogP) is 3.03. The number of pyridine rings is 1. The Hall–Kier alpha value is -2.93. The molecule has 0 unspecified atom stereocenters. The molecule has 1 fully saturated rings. The number of anilines is 2. The first-order valence-corrected chi connectivity index (χ1v) is 9.90. The maximum atomic E-state index is 12.5. The van der Waals surface area contributed by atoms with E-state index >= 15 is 0 Å². The minimum atomic E-state index is -3.22. The van der Waals surface area contributed by atoms with E-state index in [-0.39, 0.29) is 11.7 Å². The van der Waals surface area contributed by atoms with Crippen LogP contribution in [-0.2, 0) is 10.0 Å². The monoisotopic (exact) mass is 367 g/mol. The molecule has 1 amide bonds. The zero-order valence-corrected chi connectivity index (χ0v) is 14.7. The number of hydrogen-bond donors (Lipinski definition) is 1. The van der Waals surface area contributed by atoms with Crippen molar-refractivity contribution in [3.8, 4) is 0 Å². The summed E-state index contributed by atoms with van der Waals surface area (Å²) < 4.78 is 25.3. The van der Waals surface area contributed by atoms with Crippen LogP contribution in [0.25, 0.3) is 10.9 Å². The fourth-order valence-electron chi connectivity index (χ4n) is 3.07. The largest absolute Gasteiger partial charge is 0.322 e. The molecule has 0 bridgehead atoms. The zero-order chi connectivity index (χ0) is 18.1. The number of benzene rings is 2. The van der Waals surface area contributed by atoms with Gasteiger partial charge in [-0.15, -0.1) is 0 Å². The number of fused-ring (bicyclic) bond motifs is 1. The Morgan fingerprint density at radius 1 is 1.08 bits per heavy atom. The first-order valence-electron chi connectivity index (χ1n) is 8.30. The Morgan fingerprint density at radius 2 is 1.88 bits per heavy atom. The maximum Gasteiger partial charge on any atom is 0.255 e. The smallest absolute Gasteiger partial charge is 0.255 e. The molecule has 0 spiro atoms. The van der Waals surface area contributed by atoms with Crippen LogP contribution in [0.5, 0.6) is 0 Å². The van der Waals surface area contributed by atoms with Gasteiger partial charge in [-0.05, 0) is 55.0 Å². The molecule has 7 heteroatoms. The van der Waals surface area contributed by atoms with Gasteiger partial charge in [0.25, 0.3) is 5.91 Å². The molecule has 1 aromatic heterocycles. The van der Waals surface area contributed by atoms with E-state index in [0.29, 0.717) is 29.9 Å². The van der Waals surface area contributed by atoms with Crippen LogP contribution in [0, 0.1) is 0 Å². The zero-order valence-electron chi connectivity index (χ0n) is 13.9. The lowest BCUT2D eigenvalue weighted by atomic mass is 10.1. The molecule has 1 aliphatic heterocycles. The molecule has 0 radical (unpaired) electrons. The van der Waals surface area contributed by atoms with Crippen molar-refractivity contribution >= 4 is 38.2 Å². The van der Waals surface area contributed by atoms with Crippen molar-refractivity contribution in [2.24, 2.45) is 0 Å². The van der Waals surface area contributed by atoms with Crippen LogP contribution in [0.4, 0.5) is 11.4 Å². The van der Waals surface area contributed by atoms with Crippen LogP contribution in [-0.4, -0.2) is 31.6 Å². The van der Waals surface area contributed by atoms with E-state index in [2.05, 4.69) is 10.3 Å². The summed E-state index contributed by atoms with van der Waals surface area (Å²) in [5.41, 5.74) is 2.61. The second-order valence-electron chi connectivity index (χ2n) is 6.15. The third-order valence-corrected chi connectivity index (χ3v) is 6.25. The molecule has 0 aliphatic carbocycles. The molecule has 26 heavy (non-hydrogen) atoms. The normalized spacial score (nSPS) is 15.9. The van der Waals surface area contributed by atoms with Gasteiger partial charge in [0, 0.05) is 29.4 Å². The van der Waals surface area contributed by atoms with E-state index in [4.69, 9.17) is 0 Å². The maximum absolute atomic E-state index is 12.5. The number of sulfonamides is 1. The molecule has 4 rings (SSSR count). The van der Waals surface area contributed by atoms with Gasteiger partial charge in [0.05, 0.1) is 17.0 Å². The number of aromatic nitrogens is 1. The lowest BCUT2D eigenvalue weighted by Crippen LogP contribution is -2.25. The highest BCUT2D eigenvalue weighted by molar-refractivity contribution is 7.93. The van der Waals surface area contributed by atoms with Gasteiger partial charge in [0.15, 0.2) is 0 Å². The van der Waals surface area contributed by atoms with Gasteiger partial charge in [-0.25, -0.2) is 8.42 Å². The van der Waals surface area contributed by atoms with Crippen molar-refractivity contribution < 1.29 is 13.2 Å². The lowest BCUT2D eigenvalue weighted by molar-refractivity contribution is 0.102. The molecule has 2 aromatic carbocycles. The average molecular weight is 367 g/mol. The number of amides is 1. The summed E-state index contributed by atoms with van der Waals surface area (Å²) in [6.45, 7) is 0.485. The Morgan fingerprint density at radius 3 is 2.62 bits per heavy atom. The second kappa shape index (κ2) is 6.42. The first kappa shape index (κ1) is 16.5. The number of nitrogens with zero attached hydrogens (tertiary/aromatic N) is 2. The van der Waals surface area contributed by atoms with Gasteiger partial charge in [0.1, 0.15) is 0 Å². The van der Waals surface area contributed by atoms with Gasteiger partial charge in [-0.3, -0.25) is 14.1 Å². The number of carbonyl (C=O) groups excluding carboxylic acids is 1. The fraction of sp³-hybridized carbons (Fsp3) is 0.158. The van der Waals surface area contributed by atoms with Crippen molar-refractivity contribution in [2.75, 3.05) is 21.9 Å². The highest BCUT2D eigenvalue weighted by Crippen LogP contribution is 2.24. The second-order valence-corrected chi connectivity index (χ2v) is 8.17. The van der Waals surface area contributed by atoms with Crippen LogP contribution >= 0.6 is 0 Å². The minimum absolute atomic E-state index is 0.173. The molecular formula is C19H17N3O3S. The highest BCUT2D eigenvalue weighted by Gasteiger charge is 2.28. The molecule has 0 saturated carbocycles. The molecule has 0 atom stereocenters. The molecule has 6 nitrogen and oxygen atoms in total. The number of hydrogen-bond acceptors (Lipinski definition) is 4. The van der Waals surface area contributed by atoms with Crippen LogP contribution in [0.2, 0.25) is 0 Å². The van der Waals surface area contributed by atoms with Crippen LogP contribution in [0.15, 0.2) is 60.8 Å². The van der Waals surface area contributed by atoms with Gasteiger partial charge in [-0.1, -0.05) is 6.07 Å². The Kier molecular flexibility index (Phi) is 4.08. The van der Waals surface area contributed by atoms with E-state index < -0.39 is 10.0 Å². The van der Waals surface area contributed by atoms with Gasteiger partial charge in [-0.2, -0.15) is 0 Å². The minimum Gasteiger partial charge on any atom is -0.322 e. The summed E-state index contributed by atoms with van der Waals surface area (Å²) in [5, 5.41) is 3.80. The topological polar surface area (TPSA) is 79.4 Å².